The Morgan fingerprint density at radius 2 is 2.09 bits per heavy atom. The first-order valence-electron chi connectivity index (χ1n) is 7.37. The predicted molar refractivity (Wildman–Crippen MR) is 88.4 cm³/mol. The highest BCUT2D eigenvalue weighted by molar-refractivity contribution is 9.10. The highest BCUT2D eigenvalue weighted by Gasteiger charge is 2.14. The van der Waals surface area contributed by atoms with E-state index in [-0.39, 0.29) is 5.91 Å². The SMILES string of the molecule is CCn1cc(Br)c(CN(C)C(=O)CCn2nc(C)cc2C)n1. The second kappa shape index (κ2) is 7.09. The molecule has 0 radical (unpaired) electrons. The van der Waals surface area contributed by atoms with Crippen LogP contribution in [0.3, 0.4) is 0 Å². The zero-order valence-electron chi connectivity index (χ0n) is 13.5. The lowest BCUT2D eigenvalue weighted by atomic mass is 10.3. The van der Waals surface area contributed by atoms with Gasteiger partial charge >= 0.3 is 0 Å². The third-order valence-electron chi connectivity index (χ3n) is 3.56. The van der Waals surface area contributed by atoms with Gasteiger partial charge < -0.3 is 4.90 Å². The van der Waals surface area contributed by atoms with Gasteiger partial charge in [-0.1, -0.05) is 0 Å². The molecule has 2 aromatic rings. The lowest BCUT2D eigenvalue weighted by molar-refractivity contribution is -0.130. The van der Waals surface area contributed by atoms with Crippen molar-refractivity contribution in [3.8, 4) is 0 Å². The van der Waals surface area contributed by atoms with Gasteiger partial charge in [-0.3, -0.25) is 14.2 Å². The highest BCUT2D eigenvalue weighted by Crippen LogP contribution is 2.16. The molecule has 0 fully saturated rings. The van der Waals surface area contributed by atoms with E-state index < -0.39 is 0 Å². The molecule has 0 aliphatic carbocycles. The third-order valence-corrected chi connectivity index (χ3v) is 4.23. The van der Waals surface area contributed by atoms with Crippen molar-refractivity contribution in [1.82, 2.24) is 24.5 Å². The number of carbonyl (C=O) groups excluding carboxylic acids is 1. The van der Waals surface area contributed by atoms with Crippen LogP contribution in [0, 0.1) is 13.8 Å². The number of hydrogen-bond acceptors (Lipinski definition) is 3. The maximum Gasteiger partial charge on any atom is 0.224 e. The maximum atomic E-state index is 12.3. The Morgan fingerprint density at radius 1 is 1.36 bits per heavy atom. The first-order valence-corrected chi connectivity index (χ1v) is 8.16. The third kappa shape index (κ3) is 3.97. The van der Waals surface area contributed by atoms with Gasteiger partial charge in [-0.05, 0) is 42.8 Å². The van der Waals surface area contributed by atoms with Crippen LogP contribution < -0.4 is 0 Å². The minimum atomic E-state index is 0.0884. The second-order valence-corrected chi connectivity index (χ2v) is 6.28. The number of aromatic nitrogens is 4. The van der Waals surface area contributed by atoms with Crippen molar-refractivity contribution >= 4 is 21.8 Å². The summed E-state index contributed by atoms with van der Waals surface area (Å²) in [5.41, 5.74) is 2.94. The standard InChI is InChI=1S/C15H22BrN5O/c1-5-20-9-13(16)14(18-20)10-19(4)15(22)6-7-21-12(3)8-11(2)17-21/h8-9H,5-7,10H2,1-4H3. The lowest BCUT2D eigenvalue weighted by Crippen LogP contribution is -2.27. The van der Waals surface area contributed by atoms with E-state index >= 15 is 0 Å². The number of rotatable bonds is 6. The van der Waals surface area contributed by atoms with Crippen molar-refractivity contribution in [2.24, 2.45) is 0 Å². The highest BCUT2D eigenvalue weighted by atomic mass is 79.9. The predicted octanol–water partition coefficient (Wildman–Crippen LogP) is 2.53. The summed E-state index contributed by atoms with van der Waals surface area (Å²) in [5.74, 6) is 0.0884. The monoisotopic (exact) mass is 367 g/mol. The fourth-order valence-corrected chi connectivity index (χ4v) is 2.75. The molecule has 0 saturated carbocycles. The summed E-state index contributed by atoms with van der Waals surface area (Å²) < 4.78 is 4.67. The molecule has 0 atom stereocenters. The summed E-state index contributed by atoms with van der Waals surface area (Å²) in [6.45, 7) is 7.92. The van der Waals surface area contributed by atoms with E-state index in [2.05, 4.69) is 26.1 Å². The van der Waals surface area contributed by atoms with Crippen molar-refractivity contribution < 1.29 is 4.79 Å². The second-order valence-electron chi connectivity index (χ2n) is 5.43. The smallest absolute Gasteiger partial charge is 0.224 e. The average molecular weight is 368 g/mol. The minimum absolute atomic E-state index is 0.0884. The molecule has 22 heavy (non-hydrogen) atoms. The molecule has 0 aromatic carbocycles. The van der Waals surface area contributed by atoms with Gasteiger partial charge in [-0.2, -0.15) is 10.2 Å². The van der Waals surface area contributed by atoms with Crippen LogP contribution in [0.15, 0.2) is 16.7 Å². The summed E-state index contributed by atoms with van der Waals surface area (Å²) in [6, 6.07) is 2.02. The molecule has 0 spiro atoms. The topological polar surface area (TPSA) is 56.0 Å². The van der Waals surface area contributed by atoms with Gasteiger partial charge in [0.25, 0.3) is 0 Å². The van der Waals surface area contributed by atoms with Crippen molar-refractivity contribution in [2.45, 2.75) is 46.8 Å². The maximum absolute atomic E-state index is 12.3. The molecule has 0 bridgehead atoms. The van der Waals surface area contributed by atoms with Crippen LogP contribution in [0.2, 0.25) is 0 Å². The van der Waals surface area contributed by atoms with Gasteiger partial charge in [0, 0.05) is 38.4 Å². The number of amides is 1. The molecule has 2 heterocycles. The molecule has 0 unspecified atom stereocenters. The van der Waals surface area contributed by atoms with E-state index in [1.807, 2.05) is 42.4 Å². The van der Waals surface area contributed by atoms with Crippen LogP contribution in [0.1, 0.15) is 30.4 Å². The Balaban J connectivity index is 1.91. The molecule has 120 valence electrons. The number of hydrogen-bond donors (Lipinski definition) is 0. The number of nitrogens with zero attached hydrogens (tertiary/aromatic N) is 5. The molecule has 0 aliphatic rings. The van der Waals surface area contributed by atoms with Gasteiger partial charge in [0.1, 0.15) is 0 Å². The summed E-state index contributed by atoms with van der Waals surface area (Å²) in [5, 5.41) is 8.82. The van der Waals surface area contributed by atoms with Crippen molar-refractivity contribution in [3.05, 3.63) is 33.8 Å². The van der Waals surface area contributed by atoms with Gasteiger partial charge in [-0.15, -0.1) is 0 Å². The Bertz CT molecular complexity index is 661. The van der Waals surface area contributed by atoms with Crippen LogP contribution in [0.4, 0.5) is 0 Å². The van der Waals surface area contributed by atoms with E-state index in [0.29, 0.717) is 19.5 Å². The minimum Gasteiger partial charge on any atom is -0.340 e. The van der Waals surface area contributed by atoms with Crippen molar-refractivity contribution in [1.29, 1.82) is 0 Å². The van der Waals surface area contributed by atoms with E-state index in [1.54, 1.807) is 11.9 Å². The van der Waals surface area contributed by atoms with E-state index in [4.69, 9.17) is 0 Å². The fraction of sp³-hybridized carbons (Fsp3) is 0.533. The normalized spacial score (nSPS) is 11.0. The van der Waals surface area contributed by atoms with Gasteiger partial charge in [0.15, 0.2) is 0 Å². The van der Waals surface area contributed by atoms with Crippen LogP contribution >= 0.6 is 15.9 Å². The molecular weight excluding hydrogens is 346 g/mol. The summed E-state index contributed by atoms with van der Waals surface area (Å²) in [4.78, 5) is 14.0. The fourth-order valence-electron chi connectivity index (χ4n) is 2.31. The number of carbonyl (C=O) groups is 1. The van der Waals surface area contributed by atoms with Crippen LogP contribution in [0.25, 0.3) is 0 Å². The van der Waals surface area contributed by atoms with Crippen molar-refractivity contribution in [2.75, 3.05) is 7.05 Å². The van der Waals surface area contributed by atoms with Crippen molar-refractivity contribution in [3.63, 3.8) is 0 Å². The molecule has 6 nitrogen and oxygen atoms in total. The van der Waals surface area contributed by atoms with Crippen LogP contribution in [-0.2, 0) is 24.4 Å². The Kier molecular flexibility index (Phi) is 5.39. The molecule has 2 aromatic heterocycles. The molecule has 1 amide bonds. The Labute approximate surface area is 139 Å². The van der Waals surface area contributed by atoms with Gasteiger partial charge in [-0.25, -0.2) is 0 Å². The van der Waals surface area contributed by atoms with E-state index in [9.17, 15) is 4.79 Å². The summed E-state index contributed by atoms with van der Waals surface area (Å²) in [6.07, 6.45) is 2.37. The molecule has 2 rings (SSSR count). The average Bonchev–Trinajstić information content (AvgIpc) is 2.98. The largest absolute Gasteiger partial charge is 0.340 e. The molecule has 0 N–H and O–H groups in total. The van der Waals surface area contributed by atoms with Crippen LogP contribution in [0.5, 0.6) is 0 Å². The van der Waals surface area contributed by atoms with E-state index in [0.717, 1.165) is 28.1 Å². The first-order chi connectivity index (χ1) is 10.4. The van der Waals surface area contributed by atoms with E-state index in [1.165, 1.54) is 0 Å². The summed E-state index contributed by atoms with van der Waals surface area (Å²) in [7, 11) is 1.81. The number of halogens is 1. The lowest BCUT2D eigenvalue weighted by Gasteiger charge is -2.16. The Morgan fingerprint density at radius 3 is 2.64 bits per heavy atom. The first kappa shape index (κ1) is 16.7. The van der Waals surface area contributed by atoms with Crippen LogP contribution in [-0.4, -0.2) is 37.4 Å². The quantitative estimate of drug-likeness (QED) is 0.787. The number of aryl methyl sites for hydroxylation is 4. The molecule has 0 saturated heterocycles. The Hall–Kier alpha value is -1.63. The van der Waals surface area contributed by atoms with Gasteiger partial charge in [0.2, 0.25) is 5.91 Å². The zero-order chi connectivity index (χ0) is 16.3. The molecular formula is C15H22BrN5O. The van der Waals surface area contributed by atoms with Gasteiger partial charge in [0.05, 0.1) is 22.4 Å². The summed E-state index contributed by atoms with van der Waals surface area (Å²) >= 11 is 3.49. The molecule has 7 heteroatoms. The zero-order valence-corrected chi connectivity index (χ0v) is 15.1. The molecule has 0 aliphatic heterocycles.